The van der Waals surface area contributed by atoms with Crippen molar-refractivity contribution >= 4 is 5.91 Å². The molecule has 2 N–H and O–H groups in total. The molecular formula is C20H23N3O5. The van der Waals surface area contributed by atoms with Crippen molar-refractivity contribution in [1.29, 1.82) is 0 Å². The number of benzene rings is 1. The summed E-state index contributed by atoms with van der Waals surface area (Å²) in [6.45, 7) is 1.38. The highest BCUT2D eigenvalue weighted by Gasteiger charge is 2.27. The second-order valence-corrected chi connectivity index (χ2v) is 7.41. The van der Waals surface area contributed by atoms with E-state index in [-0.39, 0.29) is 24.8 Å². The Kier molecular flexibility index (Phi) is 4.56. The van der Waals surface area contributed by atoms with Crippen LogP contribution in [0, 0.1) is 0 Å². The topological polar surface area (TPSA) is 94.7 Å². The fourth-order valence-electron chi connectivity index (χ4n) is 4.02. The van der Waals surface area contributed by atoms with Gasteiger partial charge in [-0.15, -0.1) is 0 Å². The summed E-state index contributed by atoms with van der Waals surface area (Å²) in [5.74, 6) is 2.15. The highest BCUT2D eigenvalue weighted by atomic mass is 16.7. The van der Waals surface area contributed by atoms with E-state index in [1.54, 1.807) is 0 Å². The third-order valence-corrected chi connectivity index (χ3v) is 5.57. The van der Waals surface area contributed by atoms with Gasteiger partial charge in [-0.1, -0.05) is 0 Å². The lowest BCUT2D eigenvalue weighted by Crippen LogP contribution is -2.40. The molecule has 3 heterocycles. The second kappa shape index (κ2) is 7.35. The summed E-state index contributed by atoms with van der Waals surface area (Å²) in [4.78, 5) is 12.6. The van der Waals surface area contributed by atoms with E-state index in [1.165, 1.54) is 0 Å². The van der Waals surface area contributed by atoms with Gasteiger partial charge in [-0.05, 0) is 37.8 Å². The van der Waals surface area contributed by atoms with Gasteiger partial charge in [-0.3, -0.25) is 9.89 Å². The summed E-state index contributed by atoms with van der Waals surface area (Å²) in [7, 11) is 0. The average molecular weight is 385 g/mol. The first-order valence-corrected chi connectivity index (χ1v) is 9.77. The predicted molar refractivity (Wildman–Crippen MR) is 98.7 cm³/mol. The van der Waals surface area contributed by atoms with Gasteiger partial charge in [0.15, 0.2) is 17.2 Å². The van der Waals surface area contributed by atoms with Crippen LogP contribution < -0.4 is 19.5 Å². The lowest BCUT2D eigenvalue weighted by atomic mass is 9.92. The molecule has 2 aromatic rings. The third kappa shape index (κ3) is 3.40. The Labute approximate surface area is 162 Å². The Morgan fingerprint density at radius 2 is 2.04 bits per heavy atom. The van der Waals surface area contributed by atoms with Crippen LogP contribution in [0.1, 0.15) is 47.4 Å². The fourth-order valence-corrected chi connectivity index (χ4v) is 4.02. The molecule has 0 spiro atoms. The first-order valence-electron chi connectivity index (χ1n) is 9.77. The number of amides is 1. The molecule has 0 radical (unpaired) electrons. The minimum Gasteiger partial charge on any atom is -0.490 e. The molecule has 1 saturated carbocycles. The van der Waals surface area contributed by atoms with Crippen LogP contribution in [0.3, 0.4) is 0 Å². The van der Waals surface area contributed by atoms with Gasteiger partial charge in [0.05, 0.1) is 19.3 Å². The van der Waals surface area contributed by atoms with Crippen molar-refractivity contribution in [3.8, 4) is 17.2 Å². The van der Waals surface area contributed by atoms with Gasteiger partial charge in [-0.25, -0.2) is 0 Å². The number of fused-ring (bicyclic) bond motifs is 2. The van der Waals surface area contributed by atoms with Crippen molar-refractivity contribution in [3.63, 3.8) is 0 Å². The molecule has 2 aliphatic heterocycles. The van der Waals surface area contributed by atoms with E-state index in [2.05, 4.69) is 15.5 Å². The van der Waals surface area contributed by atoms with Crippen LogP contribution in [-0.4, -0.2) is 41.7 Å². The van der Waals surface area contributed by atoms with E-state index in [0.29, 0.717) is 18.9 Å². The van der Waals surface area contributed by atoms with Gasteiger partial charge < -0.3 is 24.3 Å². The van der Waals surface area contributed by atoms with Crippen LogP contribution >= 0.6 is 0 Å². The molecule has 1 aromatic heterocycles. The fraction of sp³-hybridized carbons (Fsp3) is 0.500. The number of hydrogen-bond acceptors (Lipinski definition) is 6. The number of aromatic nitrogens is 2. The first-order chi connectivity index (χ1) is 13.8. The number of carbonyl (C=O) groups excluding carboxylic acids is 1. The summed E-state index contributed by atoms with van der Waals surface area (Å²) in [6.07, 6.45) is 4.45. The zero-order valence-corrected chi connectivity index (χ0v) is 15.5. The highest BCUT2D eigenvalue weighted by Crippen LogP contribution is 2.36. The monoisotopic (exact) mass is 385 g/mol. The maximum atomic E-state index is 12.6. The van der Waals surface area contributed by atoms with Crippen molar-refractivity contribution in [2.75, 3.05) is 13.4 Å². The van der Waals surface area contributed by atoms with Crippen LogP contribution in [0.25, 0.3) is 0 Å². The summed E-state index contributed by atoms with van der Waals surface area (Å²) in [5, 5.41) is 10.3. The molecule has 0 saturated heterocycles. The molecule has 1 fully saturated rings. The van der Waals surface area contributed by atoms with Gasteiger partial charge in [0, 0.05) is 29.8 Å². The number of aromatic amines is 1. The van der Waals surface area contributed by atoms with E-state index in [0.717, 1.165) is 60.6 Å². The molecule has 0 unspecified atom stereocenters. The minimum atomic E-state index is -0.122. The van der Waals surface area contributed by atoms with E-state index in [9.17, 15) is 4.79 Å². The molecule has 3 aliphatic rings. The quantitative estimate of drug-likeness (QED) is 0.839. The summed E-state index contributed by atoms with van der Waals surface area (Å²) in [5.41, 5.74) is 2.37. The molecule has 1 aromatic carbocycles. The van der Waals surface area contributed by atoms with Crippen molar-refractivity contribution in [1.82, 2.24) is 15.5 Å². The lowest BCUT2D eigenvalue weighted by Gasteiger charge is -2.29. The number of nitrogens with zero attached hydrogens (tertiary/aromatic N) is 1. The minimum absolute atomic E-state index is 0.122. The van der Waals surface area contributed by atoms with Crippen LogP contribution in [0.5, 0.6) is 17.2 Å². The van der Waals surface area contributed by atoms with Gasteiger partial charge in [0.2, 0.25) is 6.79 Å². The Morgan fingerprint density at radius 3 is 2.93 bits per heavy atom. The molecule has 0 bridgehead atoms. The highest BCUT2D eigenvalue weighted by molar-refractivity contribution is 5.94. The summed E-state index contributed by atoms with van der Waals surface area (Å²) >= 11 is 0. The molecule has 28 heavy (non-hydrogen) atoms. The molecule has 1 aliphatic carbocycles. The van der Waals surface area contributed by atoms with Crippen LogP contribution in [-0.2, 0) is 17.8 Å². The van der Waals surface area contributed by atoms with Crippen LogP contribution in [0.15, 0.2) is 18.2 Å². The maximum Gasteiger partial charge on any atom is 0.272 e. The molecule has 0 atom stereocenters. The number of nitrogens with one attached hydrogen (secondary N) is 2. The Hall–Kier alpha value is -2.74. The molecule has 8 heteroatoms. The van der Waals surface area contributed by atoms with Crippen molar-refractivity contribution in [3.05, 3.63) is 35.2 Å². The van der Waals surface area contributed by atoms with Crippen molar-refractivity contribution in [2.24, 2.45) is 0 Å². The van der Waals surface area contributed by atoms with Gasteiger partial charge in [0.25, 0.3) is 5.91 Å². The van der Waals surface area contributed by atoms with E-state index in [4.69, 9.17) is 18.9 Å². The summed E-state index contributed by atoms with van der Waals surface area (Å²) in [6, 6.07) is 5.79. The van der Waals surface area contributed by atoms with Crippen molar-refractivity contribution < 1.29 is 23.7 Å². The van der Waals surface area contributed by atoms with E-state index >= 15 is 0 Å². The average Bonchev–Trinajstić information content (AvgIpc) is 3.36. The zero-order valence-electron chi connectivity index (χ0n) is 15.5. The molecular weight excluding hydrogens is 362 g/mol. The van der Waals surface area contributed by atoms with Crippen LogP contribution in [0.4, 0.5) is 0 Å². The number of carbonyl (C=O) groups is 1. The van der Waals surface area contributed by atoms with E-state index < -0.39 is 0 Å². The Morgan fingerprint density at radius 1 is 1.18 bits per heavy atom. The van der Waals surface area contributed by atoms with Gasteiger partial charge in [0.1, 0.15) is 5.75 Å². The third-order valence-electron chi connectivity index (χ3n) is 5.57. The second-order valence-electron chi connectivity index (χ2n) is 7.41. The van der Waals surface area contributed by atoms with Crippen LogP contribution in [0.2, 0.25) is 0 Å². The zero-order chi connectivity index (χ0) is 18.9. The number of rotatable bonds is 4. The number of H-pyrrole nitrogens is 1. The maximum absolute atomic E-state index is 12.6. The Balaban J connectivity index is 1.14. The predicted octanol–water partition coefficient (Wildman–Crippen LogP) is 2.33. The molecule has 8 nitrogen and oxygen atoms in total. The summed E-state index contributed by atoms with van der Waals surface area (Å²) < 4.78 is 22.3. The van der Waals surface area contributed by atoms with Crippen molar-refractivity contribution in [2.45, 2.75) is 50.9 Å². The normalized spacial score (nSPS) is 23.1. The number of ether oxygens (including phenoxy) is 4. The lowest BCUT2D eigenvalue weighted by molar-refractivity contribution is 0.0871. The van der Waals surface area contributed by atoms with E-state index in [1.807, 2.05) is 18.2 Å². The molecule has 5 rings (SSSR count). The Bertz CT molecular complexity index is 873. The van der Waals surface area contributed by atoms with Gasteiger partial charge >= 0.3 is 0 Å². The largest absolute Gasteiger partial charge is 0.490 e. The van der Waals surface area contributed by atoms with Gasteiger partial charge in [-0.2, -0.15) is 5.10 Å². The number of hydrogen-bond donors (Lipinski definition) is 2. The standard InChI is InChI=1S/C20H23N3O5/c24-20(19-15-10-25-8-7-16(15)22-23-19)21-12-1-3-13(4-2-12)28-14-5-6-17-18(9-14)27-11-26-17/h5-6,9,12-13H,1-4,7-8,10-11H2,(H,21,24)(H,22,23). The molecule has 1 amide bonds. The SMILES string of the molecule is O=C(NC1CCC(Oc2ccc3c(c2)OCO3)CC1)c1n[nH]c2c1COCC2. The smallest absolute Gasteiger partial charge is 0.272 e. The molecule has 148 valence electrons. The first kappa shape index (κ1) is 17.4.